The van der Waals surface area contributed by atoms with Crippen molar-refractivity contribution in [3.05, 3.63) is 126 Å². The van der Waals surface area contributed by atoms with Gasteiger partial charge in [-0.3, -0.25) is 39.9 Å². The molecule has 272 valence electrons. The summed E-state index contributed by atoms with van der Waals surface area (Å²) < 4.78 is 15.3. The van der Waals surface area contributed by atoms with Crippen LogP contribution in [-0.2, 0) is 0 Å². The first kappa shape index (κ1) is 52.7. The van der Waals surface area contributed by atoms with Crippen molar-refractivity contribution < 1.29 is 90.0 Å². The minimum Gasteiger partial charge on any atom is -0.870 e. The number of nitrogens with two attached hydrogens (primary N) is 2. The molecule has 0 radical (unpaired) electrons. The van der Waals surface area contributed by atoms with Crippen molar-refractivity contribution in [1.82, 2.24) is 4.98 Å². The van der Waals surface area contributed by atoms with Crippen LogP contribution in [0.2, 0.25) is 0 Å². The van der Waals surface area contributed by atoms with Crippen molar-refractivity contribution in [2.45, 2.75) is 42.0 Å². The average Bonchev–Trinajstić information content (AvgIpc) is 3.54. The molecule has 0 atom stereocenters. The van der Waals surface area contributed by atoms with Gasteiger partial charge in [-0.15, -0.1) is 18.8 Å². The van der Waals surface area contributed by atoms with E-state index in [2.05, 4.69) is 23.2 Å². The molecule has 3 aromatic carbocycles. The van der Waals surface area contributed by atoms with Crippen molar-refractivity contribution >= 4 is 28.8 Å². The predicted molar refractivity (Wildman–Crippen MR) is 195 cm³/mol. The van der Waals surface area contributed by atoms with Gasteiger partial charge in [0.05, 0.1) is 27.5 Å². The molecule has 5 N–H and O–H groups in total. The molecule has 16 nitrogen and oxygen atoms in total. The Morgan fingerprint density at radius 1 is 0.804 bits per heavy atom. The van der Waals surface area contributed by atoms with Crippen molar-refractivity contribution in [3.63, 3.8) is 0 Å². The van der Waals surface area contributed by atoms with Gasteiger partial charge in [0.25, 0.3) is 17.1 Å². The van der Waals surface area contributed by atoms with E-state index in [9.17, 15) is 39.9 Å². The van der Waals surface area contributed by atoms with Gasteiger partial charge >= 0.3 is 51.4 Å². The maximum Gasteiger partial charge on any atom is 1.00 e. The van der Waals surface area contributed by atoms with Crippen LogP contribution in [-0.4, -0.2) is 43.5 Å². The number of terminal acetylenes is 2. The molecule has 0 aliphatic carbocycles. The first-order valence-corrected chi connectivity index (χ1v) is 12.9. The fourth-order valence-corrected chi connectivity index (χ4v) is 3.06. The van der Waals surface area contributed by atoms with Crippen molar-refractivity contribution in [3.8, 4) is 36.1 Å². The van der Waals surface area contributed by atoms with E-state index in [1.54, 1.807) is 25.3 Å². The molecule has 0 spiro atoms. The summed E-state index contributed by atoms with van der Waals surface area (Å²) in [5.41, 5.74) is 11.1. The van der Waals surface area contributed by atoms with Crippen molar-refractivity contribution in [1.29, 1.82) is 0 Å². The van der Waals surface area contributed by atoms with Gasteiger partial charge in [0.1, 0.15) is 5.76 Å². The number of amides is 1. The fraction of sp³-hybridized carbons (Fsp3) is 0.206. The molecule has 1 heterocycles. The Morgan fingerprint density at radius 2 is 1.18 bits per heavy atom. The van der Waals surface area contributed by atoms with Crippen LogP contribution in [0.5, 0.6) is 0 Å². The summed E-state index contributed by atoms with van der Waals surface area (Å²) in [4.78, 5) is 55.4. The number of non-ortho nitro benzene ring substituents is 3. The number of hydrogen-bond acceptors (Lipinski definition) is 12. The average molecular weight is 743 g/mol. The van der Waals surface area contributed by atoms with Gasteiger partial charge in [-0.25, -0.2) is 4.98 Å². The Morgan fingerprint density at radius 3 is 1.47 bits per heavy atom. The van der Waals surface area contributed by atoms with Crippen LogP contribution in [0.4, 0.5) is 17.1 Å². The summed E-state index contributed by atoms with van der Waals surface area (Å²) in [5, 5.41) is 30.9. The van der Waals surface area contributed by atoms with E-state index in [-0.39, 0.29) is 115 Å². The molecule has 0 fully saturated rings. The Labute approximate surface area is 343 Å². The van der Waals surface area contributed by atoms with Gasteiger partial charge in [0.15, 0.2) is 5.78 Å². The number of aromatic nitrogens is 1. The molecule has 1 amide bonds. The molecular formula is C34H45KN6O10. The number of carbonyl (C=O) groups excluding carboxylic acids is 2. The molecular weight excluding hydrogens is 692 g/mol. The monoisotopic (exact) mass is 742 g/mol. The first-order valence-electron chi connectivity index (χ1n) is 13.9. The van der Waals surface area contributed by atoms with Crippen LogP contribution in [0.25, 0.3) is 11.5 Å². The molecule has 0 aliphatic rings. The van der Waals surface area contributed by atoms with Crippen LogP contribution in [0.15, 0.2) is 83.4 Å². The normalized spacial score (nSPS) is 8.47. The van der Waals surface area contributed by atoms with Crippen molar-refractivity contribution in [2.24, 2.45) is 11.5 Å². The van der Waals surface area contributed by atoms with Crippen LogP contribution < -0.4 is 62.9 Å². The molecule has 1 aromatic heterocycles. The molecule has 0 unspecified atom stereocenters. The van der Waals surface area contributed by atoms with E-state index in [1.165, 1.54) is 60.7 Å². The molecule has 0 saturated heterocycles. The number of nitrogens with zero attached hydrogens (tertiary/aromatic N) is 4. The Bertz CT molecular complexity index is 1710. The quantitative estimate of drug-likeness (QED) is 0.0843. The van der Waals surface area contributed by atoms with E-state index >= 15 is 0 Å². The van der Waals surface area contributed by atoms with E-state index < -0.39 is 20.7 Å². The summed E-state index contributed by atoms with van der Waals surface area (Å²) >= 11 is 0. The second kappa shape index (κ2) is 29.8. The molecule has 4 aromatic rings. The number of primary amides is 1. The van der Waals surface area contributed by atoms with Crippen LogP contribution in [0, 0.1) is 62.0 Å². The van der Waals surface area contributed by atoms with Gasteiger partial charge in [0.2, 0.25) is 11.8 Å². The standard InChI is InChI=1S/C11H9NO3.C10H8N2O3.C7H6N2O3.C3H5N.3CH4.K.H2O.2H2/c1-2-3-4-11(13)9-5-7-10(8-6-9)12(14)15;1-7-6-11-10(15-7)8-2-4-9(5-3-8)12(13)14;8-7(10)5-1-3-6(4-2-5)9(11)12;1-2-3-4;;;;;;;/h1,5-8H,3-4H2;2-6H,1H3;1-4H,(H2,8,10);1H,3-4H2;3*1H4;;1H2;2*1H/q;;;;;;;+1;;;/p-1/i;;;;;;;;;1+2T;1+2. The zero-order chi connectivity index (χ0) is 36.6. The second-order valence-corrected chi connectivity index (χ2v) is 8.59. The smallest absolute Gasteiger partial charge is 0.870 e. The number of carbonyl (C=O) groups is 2. The maximum atomic E-state index is 11.4. The third-order valence-corrected chi connectivity index (χ3v) is 5.32. The number of hydrogen-bond donors (Lipinski definition) is 2. The number of nitro benzene ring substituents is 3. The molecule has 0 saturated carbocycles. The Balaban J connectivity index is -0.000000109. The van der Waals surface area contributed by atoms with Gasteiger partial charge in [-0.1, -0.05) is 28.2 Å². The predicted octanol–water partition coefficient (Wildman–Crippen LogP) is 4.25. The maximum absolute atomic E-state index is 11.4. The topological polar surface area (TPSA) is 272 Å². The molecule has 4 rings (SSSR count). The summed E-state index contributed by atoms with van der Waals surface area (Å²) in [6, 6.07) is 16.7. The number of nitro groups is 3. The number of aryl methyl sites for hydroxylation is 1. The molecule has 0 aliphatic heterocycles. The summed E-state index contributed by atoms with van der Waals surface area (Å²) in [6.07, 6.45) is 11.9. The van der Waals surface area contributed by atoms with E-state index in [0.29, 0.717) is 30.2 Å². The van der Waals surface area contributed by atoms with Gasteiger partial charge in [-0.05, 0) is 43.3 Å². The Hall–Kier alpha value is -5.11. The zero-order valence-electron chi connectivity index (χ0n) is 27.8. The number of Topliss-reactive ketones (excluding diaryl/α,β-unsaturated/α-hetero) is 1. The van der Waals surface area contributed by atoms with E-state index in [1.807, 2.05) is 0 Å². The minimum absolute atomic E-state index is 0. The van der Waals surface area contributed by atoms with Gasteiger partial charge < -0.3 is 21.4 Å². The third-order valence-electron chi connectivity index (χ3n) is 5.32. The summed E-state index contributed by atoms with van der Waals surface area (Å²) in [6.45, 7) is 2.14. The number of ketones is 1. The summed E-state index contributed by atoms with van der Waals surface area (Å²) in [7, 11) is 0. The van der Waals surface area contributed by atoms with Crippen LogP contribution in [0.3, 0.4) is 0 Å². The van der Waals surface area contributed by atoms with Gasteiger partial charge in [0, 0.05) is 70.3 Å². The van der Waals surface area contributed by atoms with Gasteiger partial charge in [-0.2, -0.15) is 0 Å². The van der Waals surface area contributed by atoms with Crippen LogP contribution >= 0.6 is 0 Å². The minimum atomic E-state index is -0.593. The first-order chi connectivity index (χ1) is 22.8. The Kier molecular flexibility index (Phi) is 30.8. The second-order valence-electron chi connectivity index (χ2n) is 8.59. The number of oxazole rings is 1. The van der Waals surface area contributed by atoms with E-state index in [4.69, 9.17) is 25.3 Å². The van der Waals surface area contributed by atoms with Crippen LogP contribution in [0.1, 0.15) is 66.0 Å². The summed E-state index contributed by atoms with van der Waals surface area (Å²) in [5.74, 6) is 5.08. The number of benzene rings is 3. The molecule has 51 heavy (non-hydrogen) atoms. The zero-order valence-corrected chi connectivity index (χ0v) is 29.0. The molecule has 0 bridgehead atoms. The van der Waals surface area contributed by atoms with Crippen molar-refractivity contribution in [2.75, 3.05) is 6.54 Å². The SMILES string of the molecule is C.C.C.C#CCCC(=O)c1ccc([N+](=O)[O-])cc1.C#CCN.Cc1cnc(-c2ccc([N+](=O)[O-])cc2)o1.NC(=O)c1ccc([N+](=O)[O-])cc1.[3HH].[3H][3H].[K+].[OH-]. The third kappa shape index (κ3) is 20.9. The fourth-order valence-electron chi connectivity index (χ4n) is 3.06. The van der Waals surface area contributed by atoms with E-state index in [0.717, 1.165) is 5.56 Å². The molecule has 17 heteroatoms. The largest absolute Gasteiger partial charge is 1.00 e. The number of rotatable bonds is 8.